The Morgan fingerprint density at radius 3 is 1.77 bits per heavy atom. The molecule has 0 aliphatic rings. The first kappa shape index (κ1) is 11.6. The van der Waals surface area contributed by atoms with Crippen LogP contribution >= 0.6 is 0 Å². The Bertz CT molecular complexity index is 266. The topological polar surface area (TPSA) is 40.9 Å². The van der Waals surface area contributed by atoms with Crippen molar-refractivity contribution in [2.24, 2.45) is 0 Å². The fourth-order valence-electron chi connectivity index (χ4n) is 0.938. The molecule has 0 fully saturated rings. The van der Waals surface area contributed by atoms with Gasteiger partial charge in [-0.3, -0.25) is 0 Å². The average molecular weight is 177 g/mol. The van der Waals surface area contributed by atoms with Crippen LogP contribution in [-0.2, 0) is 10.2 Å². The smallest absolute Gasteiger partial charge is 0.222 e. The molecule has 0 heterocycles. The van der Waals surface area contributed by atoms with Gasteiger partial charge in [-0.05, 0) is 11.0 Å². The van der Waals surface area contributed by atoms with Crippen LogP contribution in [0.3, 0.4) is 0 Å². The normalized spacial score (nSPS) is 9.46. The summed E-state index contributed by atoms with van der Waals surface area (Å²) in [6, 6.07) is 10.6. The van der Waals surface area contributed by atoms with Crippen molar-refractivity contribution < 1.29 is 4.79 Å². The quantitative estimate of drug-likeness (QED) is 0.480. The lowest BCUT2D eigenvalue weighted by Crippen LogP contribution is -2.10. The molecule has 0 saturated heterocycles. The highest BCUT2D eigenvalue weighted by atomic mass is 16.1. The van der Waals surface area contributed by atoms with Crippen molar-refractivity contribution in [2.75, 3.05) is 0 Å². The van der Waals surface area contributed by atoms with Crippen molar-refractivity contribution in [3.8, 4) is 0 Å². The molecular weight excluding hydrogens is 162 g/mol. The molecule has 1 aromatic carbocycles. The van der Waals surface area contributed by atoms with E-state index in [2.05, 4.69) is 51.1 Å². The molecule has 0 radical (unpaired) electrons. The van der Waals surface area contributed by atoms with E-state index < -0.39 is 0 Å². The summed E-state index contributed by atoms with van der Waals surface area (Å²) in [6.45, 7) is 6.67. The third-order valence-corrected chi connectivity index (χ3v) is 1.64. The van der Waals surface area contributed by atoms with E-state index in [0.29, 0.717) is 5.41 Å². The van der Waals surface area contributed by atoms with Crippen molar-refractivity contribution in [2.45, 2.75) is 26.2 Å². The van der Waals surface area contributed by atoms with Gasteiger partial charge in [0.1, 0.15) is 0 Å². The first-order valence-electron chi connectivity index (χ1n) is 4.11. The third kappa shape index (κ3) is 4.94. The monoisotopic (exact) mass is 177 g/mol. The third-order valence-electron chi connectivity index (χ3n) is 1.64. The summed E-state index contributed by atoms with van der Waals surface area (Å²) in [7, 11) is 0. The van der Waals surface area contributed by atoms with Crippen LogP contribution in [0.2, 0.25) is 0 Å². The largest absolute Gasteiger partial charge is 0.231 e. The van der Waals surface area contributed by atoms with Crippen molar-refractivity contribution in [1.82, 2.24) is 0 Å². The minimum atomic E-state index is 0.293. The zero-order valence-corrected chi connectivity index (χ0v) is 8.29. The van der Waals surface area contributed by atoms with Crippen LogP contribution in [0.25, 0.3) is 0 Å². The lowest BCUT2D eigenvalue weighted by molar-refractivity contribution is 0.563. The number of rotatable bonds is 0. The summed E-state index contributed by atoms with van der Waals surface area (Å²) in [5.74, 6) is 0. The number of benzene rings is 1. The molecule has 0 bridgehead atoms. The summed E-state index contributed by atoms with van der Waals surface area (Å²) in [5.41, 5.74) is 1.69. The van der Waals surface area contributed by atoms with Crippen LogP contribution < -0.4 is 0 Å². The predicted octanol–water partition coefficient (Wildman–Crippen LogP) is 2.89. The van der Waals surface area contributed by atoms with Crippen LogP contribution in [-0.4, -0.2) is 6.08 Å². The zero-order valence-electron chi connectivity index (χ0n) is 8.29. The lowest BCUT2D eigenvalue weighted by Gasteiger charge is -2.18. The number of carbonyl (C=O) groups excluding carboxylic acids is 1. The van der Waals surface area contributed by atoms with Gasteiger partial charge in [0.15, 0.2) is 0 Å². The maximum absolute atomic E-state index is 8.35. The van der Waals surface area contributed by atoms with E-state index in [0.717, 1.165) is 6.08 Å². The predicted molar refractivity (Wildman–Crippen MR) is 53.6 cm³/mol. The summed E-state index contributed by atoms with van der Waals surface area (Å²) < 4.78 is 0. The van der Waals surface area contributed by atoms with E-state index >= 15 is 0 Å². The second-order valence-electron chi connectivity index (χ2n) is 3.72. The maximum Gasteiger partial charge on any atom is 0.231 e. The Morgan fingerprint density at radius 2 is 1.54 bits per heavy atom. The van der Waals surface area contributed by atoms with Gasteiger partial charge in [0.05, 0.1) is 0 Å². The molecule has 0 aromatic heterocycles. The van der Waals surface area contributed by atoms with Gasteiger partial charge in [-0.1, -0.05) is 51.1 Å². The minimum Gasteiger partial charge on any atom is -0.222 e. The van der Waals surface area contributed by atoms with Gasteiger partial charge in [-0.2, -0.15) is 0 Å². The summed E-state index contributed by atoms with van der Waals surface area (Å²) in [4.78, 5) is 8.35. The fraction of sp³-hybridized carbons (Fsp3) is 0.364. The van der Waals surface area contributed by atoms with Crippen LogP contribution in [0, 0.1) is 5.41 Å². The lowest BCUT2D eigenvalue weighted by atomic mass is 9.87. The molecule has 1 rings (SSSR count). The highest BCUT2D eigenvalue weighted by Crippen LogP contribution is 2.20. The Kier molecular flexibility index (Phi) is 4.71. The molecule has 0 saturated carbocycles. The average Bonchev–Trinajstić information content (AvgIpc) is 2.06. The fourth-order valence-corrected chi connectivity index (χ4v) is 0.938. The van der Waals surface area contributed by atoms with E-state index in [1.807, 2.05) is 0 Å². The second kappa shape index (κ2) is 5.28. The van der Waals surface area contributed by atoms with Gasteiger partial charge >= 0.3 is 0 Å². The SMILES string of the molecule is CC(C)(C)c1ccccc1.N=C=O. The summed E-state index contributed by atoms with van der Waals surface area (Å²) in [5, 5.41) is 5.40. The van der Waals surface area contributed by atoms with Crippen LogP contribution in [0.5, 0.6) is 0 Å². The molecule has 0 unspecified atom stereocenters. The molecular formula is C11H15NO. The second-order valence-corrected chi connectivity index (χ2v) is 3.72. The molecule has 0 aliphatic carbocycles. The molecule has 13 heavy (non-hydrogen) atoms. The number of isocyanates is 1. The molecule has 2 nitrogen and oxygen atoms in total. The van der Waals surface area contributed by atoms with Crippen LogP contribution in [0.15, 0.2) is 30.3 Å². The molecule has 0 spiro atoms. The van der Waals surface area contributed by atoms with E-state index in [1.165, 1.54) is 5.56 Å². The van der Waals surface area contributed by atoms with Gasteiger partial charge < -0.3 is 0 Å². The number of hydrogen-bond acceptors (Lipinski definition) is 2. The first-order valence-corrected chi connectivity index (χ1v) is 4.11. The van der Waals surface area contributed by atoms with E-state index in [4.69, 9.17) is 10.2 Å². The van der Waals surface area contributed by atoms with Crippen molar-refractivity contribution in [3.63, 3.8) is 0 Å². The van der Waals surface area contributed by atoms with Crippen LogP contribution in [0.4, 0.5) is 0 Å². The zero-order chi connectivity index (χ0) is 10.3. The van der Waals surface area contributed by atoms with Gasteiger partial charge in [0.25, 0.3) is 0 Å². The standard InChI is InChI=1S/C10H14.CHNO/c1-10(2,3)9-7-5-4-6-8-9;2-1-3/h4-8H,1-3H3;2H. The Morgan fingerprint density at radius 1 is 1.15 bits per heavy atom. The van der Waals surface area contributed by atoms with E-state index in [9.17, 15) is 0 Å². The molecule has 1 aromatic rings. The maximum atomic E-state index is 8.35. The van der Waals surface area contributed by atoms with Crippen molar-refractivity contribution >= 4 is 6.08 Å². The van der Waals surface area contributed by atoms with Gasteiger partial charge in [-0.25, -0.2) is 10.2 Å². The van der Waals surface area contributed by atoms with Crippen molar-refractivity contribution in [1.29, 1.82) is 5.41 Å². The molecule has 0 aliphatic heterocycles. The number of hydrogen-bond donors (Lipinski definition) is 1. The Hall–Kier alpha value is -1.40. The highest BCUT2D eigenvalue weighted by Gasteiger charge is 2.11. The molecule has 2 heteroatoms. The van der Waals surface area contributed by atoms with Crippen LogP contribution in [0.1, 0.15) is 26.3 Å². The Labute approximate surface area is 79.1 Å². The minimum absolute atomic E-state index is 0.293. The van der Waals surface area contributed by atoms with E-state index in [1.54, 1.807) is 0 Å². The van der Waals surface area contributed by atoms with Crippen molar-refractivity contribution in [3.05, 3.63) is 35.9 Å². The highest BCUT2D eigenvalue weighted by molar-refractivity contribution is 5.26. The van der Waals surface area contributed by atoms with Gasteiger partial charge in [-0.15, -0.1) is 0 Å². The summed E-state index contributed by atoms with van der Waals surface area (Å²) >= 11 is 0. The molecule has 1 N–H and O–H groups in total. The Balaban J connectivity index is 0.000000424. The first-order chi connectivity index (χ1) is 6.02. The van der Waals surface area contributed by atoms with Gasteiger partial charge in [0.2, 0.25) is 6.08 Å². The summed E-state index contributed by atoms with van der Waals surface area (Å²) in [6.07, 6.45) is 0.750. The van der Waals surface area contributed by atoms with E-state index in [-0.39, 0.29) is 0 Å². The van der Waals surface area contributed by atoms with Gasteiger partial charge in [0, 0.05) is 0 Å². The molecule has 70 valence electrons. The number of nitrogens with one attached hydrogen (secondary N) is 1. The molecule has 0 atom stereocenters. The molecule has 0 amide bonds.